The molecule has 2 unspecified atom stereocenters. The van der Waals surface area contributed by atoms with E-state index in [0.29, 0.717) is 35.5 Å². The van der Waals surface area contributed by atoms with Crippen LogP contribution >= 0.6 is 0 Å². The van der Waals surface area contributed by atoms with E-state index in [1.54, 1.807) is 0 Å². The first-order valence-corrected chi connectivity index (χ1v) is 17.3. The number of aliphatic hydroxyl groups excluding tert-OH is 2. The molecule has 0 aromatic carbocycles. The molecule has 4 N–H and O–H groups in total. The molecule has 11 nitrogen and oxygen atoms in total. The molecule has 4 fully saturated rings. The number of nitrogens with zero attached hydrogens (tertiary/aromatic N) is 3. The molecule has 4 saturated carbocycles. The first-order chi connectivity index (χ1) is 22.0. The maximum absolute atomic E-state index is 12.6. The van der Waals surface area contributed by atoms with Crippen molar-refractivity contribution in [3.8, 4) is 12.3 Å². The Morgan fingerprint density at radius 1 is 1.09 bits per heavy atom. The fraction of sp³-hybridized carbons (Fsp3) is 0.829. The Hall–Kier alpha value is -2.77. The van der Waals surface area contributed by atoms with Crippen molar-refractivity contribution in [2.45, 2.75) is 110 Å². The molecule has 11 atom stereocenters. The van der Waals surface area contributed by atoms with Gasteiger partial charge in [0.15, 0.2) is 0 Å². The van der Waals surface area contributed by atoms with Crippen LogP contribution in [0.3, 0.4) is 0 Å². The first kappa shape index (κ1) is 36.1. The Bertz CT molecular complexity index is 1170. The number of carbonyl (C=O) groups excluding carboxylic acids is 2. The normalized spacial score (nSPS) is 36.2. The number of alkyl carbamates (subject to hydrolysis) is 1. The van der Waals surface area contributed by atoms with Crippen LogP contribution in [-0.2, 0) is 14.3 Å². The molecule has 0 aromatic rings. The smallest absolute Gasteiger partial charge is 0.408 e. The lowest BCUT2D eigenvalue weighted by Gasteiger charge is -2.62. The van der Waals surface area contributed by atoms with E-state index in [2.05, 4.69) is 47.4 Å². The third kappa shape index (κ3) is 8.38. The van der Waals surface area contributed by atoms with Gasteiger partial charge < -0.3 is 30.3 Å². The quantitative estimate of drug-likeness (QED) is 0.0373. The second-order valence-corrected chi connectivity index (χ2v) is 14.7. The zero-order chi connectivity index (χ0) is 33.3. The molecule has 4 aliphatic carbocycles. The number of azide groups is 1. The maximum Gasteiger partial charge on any atom is 0.408 e. The van der Waals surface area contributed by atoms with Gasteiger partial charge in [0.2, 0.25) is 5.91 Å². The molecule has 2 amide bonds. The van der Waals surface area contributed by atoms with E-state index < -0.39 is 12.3 Å². The summed E-state index contributed by atoms with van der Waals surface area (Å²) in [5.41, 5.74) is 8.69. The van der Waals surface area contributed by atoms with E-state index in [9.17, 15) is 19.8 Å². The monoisotopic (exact) mass is 641 g/mol. The van der Waals surface area contributed by atoms with Gasteiger partial charge in [0.25, 0.3) is 0 Å². The Labute approximate surface area is 274 Å². The Morgan fingerprint density at radius 3 is 2.61 bits per heavy atom. The van der Waals surface area contributed by atoms with E-state index in [1.165, 1.54) is 31.8 Å². The van der Waals surface area contributed by atoms with E-state index in [-0.39, 0.29) is 61.7 Å². The number of terminal acetylenes is 1. The average molecular weight is 642 g/mol. The van der Waals surface area contributed by atoms with Gasteiger partial charge in [-0.05, 0) is 122 Å². The minimum Gasteiger partial charge on any atom is -0.447 e. The summed E-state index contributed by atoms with van der Waals surface area (Å²) in [7, 11) is 0. The molecule has 0 saturated heterocycles. The Morgan fingerprint density at radius 2 is 1.85 bits per heavy atom. The zero-order valence-corrected chi connectivity index (χ0v) is 27.9. The molecule has 0 spiro atoms. The van der Waals surface area contributed by atoms with Crippen molar-refractivity contribution in [1.29, 1.82) is 0 Å². The molecule has 0 radical (unpaired) electrons. The van der Waals surface area contributed by atoms with E-state index in [1.807, 2.05) is 6.08 Å². The summed E-state index contributed by atoms with van der Waals surface area (Å²) in [6.07, 6.45) is 17.1. The molecule has 46 heavy (non-hydrogen) atoms. The van der Waals surface area contributed by atoms with Gasteiger partial charge in [-0.2, -0.15) is 0 Å². The van der Waals surface area contributed by atoms with Gasteiger partial charge in [-0.3, -0.25) is 4.79 Å². The third-order valence-electron chi connectivity index (χ3n) is 12.3. The zero-order valence-electron chi connectivity index (χ0n) is 27.9. The van der Waals surface area contributed by atoms with Crippen LogP contribution in [0.15, 0.2) is 17.3 Å². The minimum absolute atomic E-state index is 0.00434. The standard InChI is InChI=1S/C35H55N5O6/c1-5-8-30(39-33(44)46-20-19-45-18-17-37-40-36)38-31(43)10-7-6-9-23(2)26-11-12-27-32-28(14-16-35(26,27)4)34(3)15-13-25(41)21-24(34)22-29(32)42/h1,7,10,23-30,32,41-42H,6,8-9,11-22H2,2-4H3,(H,38,43)(H,39,44)/t23-,24+,25-,26-,27+,28+,29?,30?,32+,34+,35-/m1/s1. The lowest BCUT2D eigenvalue weighted by Crippen LogP contribution is -2.58. The van der Waals surface area contributed by atoms with Crippen molar-refractivity contribution in [1.82, 2.24) is 10.6 Å². The number of nitrogens with one attached hydrogen (secondary N) is 2. The Balaban J connectivity index is 1.22. The predicted molar refractivity (Wildman–Crippen MR) is 175 cm³/mol. The molecule has 11 heteroatoms. The highest BCUT2D eigenvalue weighted by Gasteiger charge is 2.62. The van der Waals surface area contributed by atoms with Gasteiger partial charge in [-0.15, -0.1) is 12.3 Å². The molecule has 0 aromatic heterocycles. The van der Waals surface area contributed by atoms with E-state index in [4.69, 9.17) is 21.4 Å². The number of carbonyl (C=O) groups is 2. The van der Waals surface area contributed by atoms with Crippen LogP contribution in [0, 0.1) is 58.7 Å². The van der Waals surface area contributed by atoms with Crippen molar-refractivity contribution in [3.05, 3.63) is 22.6 Å². The van der Waals surface area contributed by atoms with Crippen LogP contribution in [0.25, 0.3) is 10.4 Å². The maximum atomic E-state index is 12.6. The lowest BCUT2D eigenvalue weighted by atomic mass is 9.43. The van der Waals surface area contributed by atoms with Crippen LogP contribution in [0.1, 0.15) is 91.4 Å². The summed E-state index contributed by atoms with van der Waals surface area (Å²) < 4.78 is 10.2. The summed E-state index contributed by atoms with van der Waals surface area (Å²) in [4.78, 5) is 27.3. The topological polar surface area (TPSA) is 166 Å². The largest absolute Gasteiger partial charge is 0.447 e. The lowest BCUT2D eigenvalue weighted by molar-refractivity contribution is -0.174. The fourth-order valence-electron chi connectivity index (χ4n) is 10.0. The number of allylic oxidation sites excluding steroid dienone is 1. The number of hydrogen-bond donors (Lipinski definition) is 4. The summed E-state index contributed by atoms with van der Waals surface area (Å²) in [6.45, 7) is 7.87. The summed E-state index contributed by atoms with van der Waals surface area (Å²) in [5.74, 6) is 5.09. The number of rotatable bonds is 14. The molecular weight excluding hydrogens is 586 g/mol. The highest BCUT2D eigenvalue weighted by molar-refractivity contribution is 5.88. The first-order valence-electron chi connectivity index (χ1n) is 17.3. The van der Waals surface area contributed by atoms with Gasteiger partial charge in [0.1, 0.15) is 12.8 Å². The number of ether oxygens (including phenoxy) is 2. The minimum atomic E-state index is -0.767. The molecule has 0 heterocycles. The Kier molecular flexibility index (Phi) is 12.8. The van der Waals surface area contributed by atoms with Gasteiger partial charge in [-0.25, -0.2) is 4.79 Å². The van der Waals surface area contributed by atoms with Gasteiger partial charge in [0, 0.05) is 17.9 Å². The second kappa shape index (κ2) is 16.4. The van der Waals surface area contributed by atoms with Crippen molar-refractivity contribution < 1.29 is 29.3 Å². The molecular formula is C35H55N5O6. The van der Waals surface area contributed by atoms with Crippen molar-refractivity contribution in [2.75, 3.05) is 26.4 Å². The SMILES string of the molecule is C#CCC(NC(=O)C=CCC[C@@H](C)[C@H]1CC[C@H]2[C@@H]3C(O)C[C@@H]4C[C@H](O)CC[C@]4(C)[C@H]3CC[C@]12C)NC(=O)OCCOCCN=[N+]=[N-]. The molecule has 0 aliphatic heterocycles. The number of fused-ring (bicyclic) bond motifs is 5. The van der Waals surface area contributed by atoms with Crippen molar-refractivity contribution in [2.24, 2.45) is 51.5 Å². The van der Waals surface area contributed by atoms with Crippen LogP contribution in [0.4, 0.5) is 4.79 Å². The van der Waals surface area contributed by atoms with Crippen molar-refractivity contribution >= 4 is 12.0 Å². The molecule has 0 bridgehead atoms. The van der Waals surface area contributed by atoms with Crippen LogP contribution in [0.5, 0.6) is 0 Å². The number of amides is 2. The van der Waals surface area contributed by atoms with E-state index in [0.717, 1.165) is 38.5 Å². The summed E-state index contributed by atoms with van der Waals surface area (Å²) in [6, 6.07) is 0. The summed E-state index contributed by atoms with van der Waals surface area (Å²) in [5, 5.41) is 30.5. The summed E-state index contributed by atoms with van der Waals surface area (Å²) >= 11 is 0. The van der Waals surface area contributed by atoms with Gasteiger partial charge in [0.05, 0.1) is 25.4 Å². The van der Waals surface area contributed by atoms with Gasteiger partial charge in [-0.1, -0.05) is 32.0 Å². The second-order valence-electron chi connectivity index (χ2n) is 14.7. The predicted octanol–water partition coefficient (Wildman–Crippen LogP) is 5.47. The number of aliphatic hydroxyl groups is 2. The molecule has 256 valence electrons. The highest BCUT2D eigenvalue weighted by atomic mass is 16.6. The van der Waals surface area contributed by atoms with Crippen LogP contribution in [0.2, 0.25) is 0 Å². The van der Waals surface area contributed by atoms with E-state index >= 15 is 0 Å². The third-order valence-corrected chi connectivity index (χ3v) is 12.3. The molecule has 4 rings (SSSR count). The van der Waals surface area contributed by atoms with Crippen molar-refractivity contribution in [3.63, 3.8) is 0 Å². The highest BCUT2D eigenvalue weighted by Crippen LogP contribution is 2.68. The molecule has 4 aliphatic rings. The van der Waals surface area contributed by atoms with Gasteiger partial charge >= 0.3 is 6.09 Å². The average Bonchev–Trinajstić information content (AvgIpc) is 3.37. The van der Waals surface area contributed by atoms with Crippen LogP contribution in [-0.4, -0.2) is 67.0 Å². The van der Waals surface area contributed by atoms with Crippen LogP contribution < -0.4 is 10.6 Å². The fourth-order valence-corrected chi connectivity index (χ4v) is 10.0. The number of hydrogen-bond acceptors (Lipinski definition) is 7.